The Morgan fingerprint density at radius 1 is 1.65 bits per heavy atom. The molecular formula is C11H14N2O4. The maximum Gasteiger partial charge on any atom is 0.422 e. The Morgan fingerprint density at radius 2 is 2.29 bits per heavy atom. The van der Waals surface area contributed by atoms with Gasteiger partial charge in [-0.15, -0.1) is 0 Å². The molecule has 0 aromatic rings. The first-order valence-corrected chi connectivity index (χ1v) is 5.14. The Hall–Kier alpha value is -1.94. The van der Waals surface area contributed by atoms with E-state index in [1.807, 2.05) is 0 Å². The van der Waals surface area contributed by atoms with Crippen LogP contribution < -0.4 is 0 Å². The summed E-state index contributed by atoms with van der Waals surface area (Å²) >= 11 is 0. The number of carbonyl (C=O) groups excluding carboxylic acids is 2. The van der Waals surface area contributed by atoms with Gasteiger partial charge in [-0.1, -0.05) is 19.9 Å². The molecule has 0 bridgehead atoms. The molecule has 1 heterocycles. The van der Waals surface area contributed by atoms with Crippen molar-refractivity contribution in [3.63, 3.8) is 0 Å². The van der Waals surface area contributed by atoms with Gasteiger partial charge in [0.2, 0.25) is 6.10 Å². The number of esters is 2. The number of nitrogens with zero attached hydrogens (tertiary/aromatic N) is 2. The highest BCUT2D eigenvalue weighted by Gasteiger charge is 2.47. The maximum absolute atomic E-state index is 11.6. The lowest BCUT2D eigenvalue weighted by molar-refractivity contribution is -0.160. The summed E-state index contributed by atoms with van der Waals surface area (Å²) in [5.41, 5.74) is 7.78. The summed E-state index contributed by atoms with van der Waals surface area (Å²) in [6.07, 6.45) is 1.83. The van der Waals surface area contributed by atoms with Crippen molar-refractivity contribution in [2.45, 2.75) is 26.9 Å². The standard InChI is InChI=1S/C11H14N2O4/c1-4-5-7(13-12)9(14)17-8-10(15)16-6-11(8,2)3/h4-5,8H,6H2,1-3H3/b5-4+/t8-/m0/s1. The quantitative estimate of drug-likeness (QED) is 0.314. The summed E-state index contributed by atoms with van der Waals surface area (Å²) in [5, 5.41) is 0. The molecule has 0 aromatic heterocycles. The van der Waals surface area contributed by atoms with Gasteiger partial charge in [-0.05, 0) is 6.92 Å². The Bertz CT molecular complexity index is 419. The van der Waals surface area contributed by atoms with Gasteiger partial charge < -0.3 is 15.0 Å². The first kappa shape index (κ1) is 13.1. The van der Waals surface area contributed by atoms with E-state index < -0.39 is 23.5 Å². The normalized spacial score (nSPS) is 22.1. The largest absolute Gasteiger partial charge is 0.462 e. The van der Waals surface area contributed by atoms with Crippen LogP contribution in [0.15, 0.2) is 12.2 Å². The molecule has 1 rings (SSSR count). The van der Waals surface area contributed by atoms with E-state index in [4.69, 9.17) is 15.0 Å². The predicted octanol–water partition coefficient (Wildman–Crippen LogP) is 0.728. The zero-order valence-electron chi connectivity index (χ0n) is 9.97. The minimum atomic E-state index is -0.975. The van der Waals surface area contributed by atoms with Gasteiger partial charge in [-0.25, -0.2) is 9.59 Å². The molecule has 0 spiro atoms. The highest BCUT2D eigenvalue weighted by Crippen LogP contribution is 2.30. The first-order valence-electron chi connectivity index (χ1n) is 5.14. The van der Waals surface area contributed by atoms with Crippen LogP contribution >= 0.6 is 0 Å². The minimum Gasteiger partial charge on any atom is -0.462 e. The Kier molecular flexibility index (Phi) is 3.81. The zero-order chi connectivity index (χ0) is 13.1. The lowest BCUT2D eigenvalue weighted by Gasteiger charge is -2.20. The molecule has 0 unspecified atom stereocenters. The van der Waals surface area contributed by atoms with Crippen molar-refractivity contribution < 1.29 is 23.9 Å². The van der Waals surface area contributed by atoms with E-state index in [1.165, 1.54) is 12.2 Å². The molecule has 0 aromatic carbocycles. The molecule has 0 amide bonds. The van der Waals surface area contributed by atoms with E-state index in [2.05, 4.69) is 4.79 Å². The van der Waals surface area contributed by atoms with Gasteiger partial charge in [-0.3, -0.25) is 0 Å². The summed E-state index contributed by atoms with van der Waals surface area (Å²) in [6, 6.07) is 0. The van der Waals surface area contributed by atoms with E-state index >= 15 is 0 Å². The molecule has 0 saturated carbocycles. The highest BCUT2D eigenvalue weighted by molar-refractivity contribution is 6.38. The molecular weight excluding hydrogens is 224 g/mol. The van der Waals surface area contributed by atoms with E-state index in [0.717, 1.165) is 0 Å². The van der Waals surface area contributed by atoms with Gasteiger partial charge in [-0.2, -0.15) is 4.79 Å². The molecule has 6 nitrogen and oxygen atoms in total. The average molecular weight is 238 g/mol. The number of rotatable bonds is 3. The van der Waals surface area contributed by atoms with Gasteiger partial charge in [0.15, 0.2) is 0 Å². The van der Waals surface area contributed by atoms with Crippen molar-refractivity contribution >= 4 is 17.7 Å². The van der Waals surface area contributed by atoms with Crippen LogP contribution in [0.1, 0.15) is 20.8 Å². The molecule has 0 radical (unpaired) electrons. The Balaban J connectivity index is 2.81. The van der Waals surface area contributed by atoms with Crippen LogP contribution in [0.3, 0.4) is 0 Å². The highest BCUT2D eigenvalue weighted by atomic mass is 16.6. The summed E-state index contributed by atoms with van der Waals surface area (Å²) in [6.45, 7) is 5.35. The van der Waals surface area contributed by atoms with Crippen molar-refractivity contribution in [3.8, 4) is 0 Å². The minimum absolute atomic E-state index is 0.193. The van der Waals surface area contributed by atoms with Crippen molar-refractivity contribution in [2.75, 3.05) is 6.61 Å². The number of allylic oxidation sites excluding steroid dienone is 1. The third-order valence-electron chi connectivity index (χ3n) is 2.38. The Morgan fingerprint density at radius 3 is 2.71 bits per heavy atom. The van der Waals surface area contributed by atoms with Crippen LogP contribution in [0.25, 0.3) is 5.53 Å². The third-order valence-corrected chi connectivity index (χ3v) is 2.38. The van der Waals surface area contributed by atoms with Crippen LogP contribution in [0.2, 0.25) is 0 Å². The van der Waals surface area contributed by atoms with Crippen molar-refractivity contribution in [1.29, 1.82) is 0 Å². The van der Waals surface area contributed by atoms with Gasteiger partial charge in [0.25, 0.3) is 0 Å². The zero-order valence-corrected chi connectivity index (χ0v) is 9.97. The number of ether oxygens (including phenoxy) is 2. The summed E-state index contributed by atoms with van der Waals surface area (Å²) < 4.78 is 9.81. The lowest BCUT2D eigenvalue weighted by atomic mass is 9.90. The fourth-order valence-corrected chi connectivity index (χ4v) is 1.40. The van der Waals surface area contributed by atoms with Crippen molar-refractivity contribution in [1.82, 2.24) is 0 Å². The predicted molar refractivity (Wildman–Crippen MR) is 58.1 cm³/mol. The number of carbonyl (C=O) groups is 2. The smallest absolute Gasteiger partial charge is 0.422 e. The molecule has 0 aliphatic carbocycles. The molecule has 92 valence electrons. The number of cyclic esters (lactones) is 1. The van der Waals surface area contributed by atoms with Crippen LogP contribution in [0.5, 0.6) is 0 Å². The second-order valence-corrected chi connectivity index (χ2v) is 4.37. The fourth-order valence-electron chi connectivity index (χ4n) is 1.40. The second-order valence-electron chi connectivity index (χ2n) is 4.37. The van der Waals surface area contributed by atoms with Crippen LogP contribution in [0.4, 0.5) is 0 Å². The Labute approximate surface area is 98.8 Å². The topological polar surface area (TPSA) is 89.0 Å². The van der Waals surface area contributed by atoms with E-state index in [1.54, 1.807) is 20.8 Å². The average Bonchev–Trinajstić information content (AvgIpc) is 2.52. The molecule has 1 saturated heterocycles. The van der Waals surface area contributed by atoms with Crippen LogP contribution in [-0.4, -0.2) is 35.2 Å². The van der Waals surface area contributed by atoms with Crippen molar-refractivity contribution in [2.24, 2.45) is 5.41 Å². The number of hydrogen-bond donors (Lipinski definition) is 0. The summed E-state index contributed by atoms with van der Waals surface area (Å²) in [5.74, 6) is -1.44. The molecule has 1 atom stereocenters. The fraction of sp³-hybridized carbons (Fsp3) is 0.545. The van der Waals surface area contributed by atoms with E-state index in [-0.39, 0.29) is 12.3 Å². The molecule has 17 heavy (non-hydrogen) atoms. The third kappa shape index (κ3) is 2.79. The molecule has 1 aliphatic rings. The molecule has 1 aliphatic heterocycles. The molecule has 1 fully saturated rings. The molecule has 6 heteroatoms. The second kappa shape index (κ2) is 4.93. The molecule has 0 N–H and O–H groups in total. The van der Waals surface area contributed by atoms with E-state index in [0.29, 0.717) is 0 Å². The van der Waals surface area contributed by atoms with Gasteiger partial charge in [0, 0.05) is 11.5 Å². The monoisotopic (exact) mass is 238 g/mol. The summed E-state index contributed by atoms with van der Waals surface area (Å²) in [4.78, 5) is 25.8. The van der Waals surface area contributed by atoms with Crippen LogP contribution in [-0.2, 0) is 19.1 Å². The van der Waals surface area contributed by atoms with E-state index in [9.17, 15) is 9.59 Å². The van der Waals surface area contributed by atoms with Gasteiger partial charge >= 0.3 is 17.7 Å². The van der Waals surface area contributed by atoms with Crippen LogP contribution in [0, 0.1) is 5.41 Å². The van der Waals surface area contributed by atoms with Crippen molar-refractivity contribution in [3.05, 3.63) is 17.7 Å². The van der Waals surface area contributed by atoms with Gasteiger partial charge in [0.1, 0.15) is 6.61 Å². The number of hydrogen-bond acceptors (Lipinski definition) is 4. The lowest BCUT2D eigenvalue weighted by Crippen LogP contribution is -2.36. The van der Waals surface area contributed by atoms with Gasteiger partial charge in [0.05, 0.1) is 0 Å². The SMILES string of the molecule is C/C=C/C(=[N+]=[N-])C(=O)O[C@H]1C(=O)OCC1(C)C. The summed E-state index contributed by atoms with van der Waals surface area (Å²) in [7, 11) is 0. The maximum atomic E-state index is 11.6. The first-order chi connectivity index (χ1) is 7.92.